The zero-order valence-corrected chi connectivity index (χ0v) is 16.9. The van der Waals surface area contributed by atoms with Gasteiger partial charge in [0.05, 0.1) is 11.0 Å². The fourth-order valence-electron chi connectivity index (χ4n) is 5.49. The van der Waals surface area contributed by atoms with Crippen LogP contribution < -0.4 is 0 Å². The van der Waals surface area contributed by atoms with Crippen molar-refractivity contribution >= 4 is 5.91 Å². The Labute approximate surface area is 163 Å². The first-order chi connectivity index (χ1) is 12.9. The van der Waals surface area contributed by atoms with Crippen LogP contribution >= 0.6 is 0 Å². The van der Waals surface area contributed by atoms with Crippen LogP contribution in [0.5, 0.6) is 0 Å². The third kappa shape index (κ3) is 3.66. The van der Waals surface area contributed by atoms with Gasteiger partial charge in [0.15, 0.2) is 0 Å². The minimum atomic E-state index is -0.521. The van der Waals surface area contributed by atoms with E-state index in [4.69, 9.17) is 0 Å². The molecular formula is C23H34N2O2. The molecule has 2 aliphatic carbocycles. The van der Waals surface area contributed by atoms with E-state index in [0.717, 1.165) is 71.0 Å². The molecule has 4 heteroatoms. The molecule has 0 bridgehead atoms. The topological polar surface area (TPSA) is 43.8 Å². The van der Waals surface area contributed by atoms with E-state index in [-0.39, 0.29) is 5.41 Å². The highest BCUT2D eigenvalue weighted by Crippen LogP contribution is 2.52. The molecule has 4 rings (SSSR count). The van der Waals surface area contributed by atoms with Crippen molar-refractivity contribution in [3.63, 3.8) is 0 Å². The number of carbonyl (C=O) groups is 1. The van der Waals surface area contributed by atoms with Crippen molar-refractivity contribution in [2.75, 3.05) is 33.7 Å². The van der Waals surface area contributed by atoms with E-state index in [0.29, 0.717) is 11.3 Å². The second kappa shape index (κ2) is 6.89. The van der Waals surface area contributed by atoms with Crippen LogP contribution in [0.3, 0.4) is 0 Å². The van der Waals surface area contributed by atoms with Crippen LogP contribution in [0.4, 0.5) is 0 Å². The van der Waals surface area contributed by atoms with E-state index >= 15 is 0 Å². The molecule has 3 fully saturated rings. The van der Waals surface area contributed by atoms with Crippen LogP contribution in [0.25, 0.3) is 0 Å². The van der Waals surface area contributed by atoms with Gasteiger partial charge in [-0.15, -0.1) is 0 Å². The molecule has 3 aliphatic rings. The first kappa shape index (κ1) is 18.9. The molecule has 1 spiro atoms. The number of aliphatic hydroxyl groups is 1. The van der Waals surface area contributed by atoms with Gasteiger partial charge in [0, 0.05) is 19.6 Å². The largest absolute Gasteiger partial charge is 0.389 e. The molecule has 1 heterocycles. The summed E-state index contributed by atoms with van der Waals surface area (Å²) < 4.78 is 0. The minimum absolute atomic E-state index is 0.232. The van der Waals surface area contributed by atoms with Crippen molar-refractivity contribution in [3.05, 3.63) is 35.9 Å². The van der Waals surface area contributed by atoms with Crippen LogP contribution in [0.2, 0.25) is 0 Å². The molecule has 148 valence electrons. The molecule has 0 radical (unpaired) electrons. The molecule has 27 heavy (non-hydrogen) atoms. The van der Waals surface area contributed by atoms with Gasteiger partial charge in [0.2, 0.25) is 5.91 Å². The molecule has 4 nitrogen and oxygen atoms in total. The van der Waals surface area contributed by atoms with E-state index in [1.54, 1.807) is 0 Å². The van der Waals surface area contributed by atoms with Gasteiger partial charge in [-0.1, -0.05) is 30.3 Å². The Morgan fingerprint density at radius 2 is 1.56 bits per heavy atom. The maximum Gasteiger partial charge on any atom is 0.233 e. The fraction of sp³-hybridized carbons (Fsp3) is 0.696. The Kier molecular flexibility index (Phi) is 4.84. The Bertz CT molecular complexity index is 663. The van der Waals surface area contributed by atoms with Crippen molar-refractivity contribution in [1.82, 2.24) is 9.80 Å². The molecule has 1 saturated heterocycles. The predicted octanol–water partition coefficient (Wildman–Crippen LogP) is 3.19. The van der Waals surface area contributed by atoms with Gasteiger partial charge in [-0.2, -0.15) is 0 Å². The quantitative estimate of drug-likeness (QED) is 0.885. The fourth-order valence-corrected chi connectivity index (χ4v) is 5.49. The summed E-state index contributed by atoms with van der Waals surface area (Å²) in [5, 5.41) is 10.8. The zero-order valence-electron chi connectivity index (χ0n) is 16.9. The molecule has 0 atom stereocenters. The molecule has 1 amide bonds. The maximum atomic E-state index is 13.3. The first-order valence-electron chi connectivity index (χ1n) is 10.6. The number of carbonyl (C=O) groups excluding carboxylic acids is 1. The lowest BCUT2D eigenvalue weighted by Gasteiger charge is -2.49. The van der Waals surface area contributed by atoms with Gasteiger partial charge in [-0.25, -0.2) is 0 Å². The third-order valence-corrected chi connectivity index (χ3v) is 7.45. The maximum absolute atomic E-state index is 13.3. The van der Waals surface area contributed by atoms with Gasteiger partial charge in [0.1, 0.15) is 0 Å². The van der Waals surface area contributed by atoms with E-state index in [2.05, 4.69) is 21.9 Å². The number of amides is 1. The SMILES string of the molecule is CN(C)CC1(O)CCC2(CCN(C(=O)C3(c4ccccc4)CC3)CC2)CC1. The van der Waals surface area contributed by atoms with Crippen molar-refractivity contribution in [3.8, 4) is 0 Å². The van der Waals surface area contributed by atoms with E-state index < -0.39 is 5.60 Å². The average molecular weight is 371 g/mol. The predicted molar refractivity (Wildman–Crippen MR) is 108 cm³/mol. The summed E-state index contributed by atoms with van der Waals surface area (Å²) in [4.78, 5) is 17.5. The van der Waals surface area contributed by atoms with Crippen LogP contribution in [0.1, 0.15) is 56.9 Å². The molecule has 2 saturated carbocycles. The molecule has 1 aromatic rings. The van der Waals surface area contributed by atoms with Crippen LogP contribution in [-0.2, 0) is 10.2 Å². The number of likely N-dealkylation sites (tertiary alicyclic amines) is 1. The van der Waals surface area contributed by atoms with Gasteiger partial charge in [-0.3, -0.25) is 4.79 Å². The average Bonchev–Trinajstić information content (AvgIpc) is 3.47. The lowest BCUT2D eigenvalue weighted by molar-refractivity contribution is -0.138. The van der Waals surface area contributed by atoms with E-state index in [9.17, 15) is 9.90 Å². The Morgan fingerprint density at radius 1 is 0.963 bits per heavy atom. The van der Waals surface area contributed by atoms with E-state index in [1.807, 2.05) is 32.3 Å². The van der Waals surface area contributed by atoms with Gasteiger partial charge >= 0.3 is 0 Å². The molecule has 1 N–H and O–H groups in total. The highest BCUT2D eigenvalue weighted by atomic mass is 16.3. The second-order valence-corrected chi connectivity index (χ2v) is 9.70. The molecule has 1 aliphatic heterocycles. The summed E-state index contributed by atoms with van der Waals surface area (Å²) in [5.74, 6) is 0.350. The summed E-state index contributed by atoms with van der Waals surface area (Å²) in [6.07, 6.45) is 8.18. The van der Waals surface area contributed by atoms with Crippen LogP contribution in [0, 0.1) is 5.41 Å². The number of benzene rings is 1. The first-order valence-corrected chi connectivity index (χ1v) is 10.6. The van der Waals surface area contributed by atoms with Crippen LogP contribution in [0.15, 0.2) is 30.3 Å². The molecule has 1 aromatic carbocycles. The number of hydrogen-bond donors (Lipinski definition) is 1. The minimum Gasteiger partial charge on any atom is -0.389 e. The smallest absolute Gasteiger partial charge is 0.233 e. The molecule has 0 unspecified atom stereocenters. The summed E-state index contributed by atoms with van der Waals surface area (Å²) >= 11 is 0. The highest BCUT2D eigenvalue weighted by Gasteiger charge is 2.54. The normalized spacial score (nSPS) is 25.6. The number of rotatable bonds is 4. The van der Waals surface area contributed by atoms with Crippen molar-refractivity contribution in [2.45, 2.75) is 62.4 Å². The zero-order chi connectivity index (χ0) is 19.1. The number of likely N-dealkylation sites (N-methyl/N-ethyl adjacent to an activating group) is 1. The summed E-state index contributed by atoms with van der Waals surface area (Å²) in [7, 11) is 4.07. The number of hydrogen-bond acceptors (Lipinski definition) is 3. The number of piperidine rings is 1. The standard InChI is InChI=1S/C23H34N2O2/c1-24(2)18-22(27)10-8-21(9-11-22)14-16-25(17-15-21)20(26)23(12-13-23)19-6-4-3-5-7-19/h3-7,27H,8-18H2,1-2H3. The summed E-state index contributed by atoms with van der Waals surface area (Å²) in [5.41, 5.74) is 0.789. The lowest BCUT2D eigenvalue weighted by atomic mass is 9.64. The van der Waals surface area contributed by atoms with E-state index in [1.165, 1.54) is 5.56 Å². The second-order valence-electron chi connectivity index (χ2n) is 9.70. The summed E-state index contributed by atoms with van der Waals surface area (Å²) in [6.45, 7) is 2.53. The Balaban J connectivity index is 1.35. The van der Waals surface area contributed by atoms with Gasteiger partial charge in [-0.05, 0) is 76.4 Å². The van der Waals surface area contributed by atoms with Crippen molar-refractivity contribution in [1.29, 1.82) is 0 Å². The van der Waals surface area contributed by atoms with Crippen LogP contribution in [-0.4, -0.2) is 60.1 Å². The Morgan fingerprint density at radius 3 is 2.07 bits per heavy atom. The highest BCUT2D eigenvalue weighted by molar-refractivity contribution is 5.91. The van der Waals surface area contributed by atoms with Crippen molar-refractivity contribution in [2.24, 2.45) is 5.41 Å². The van der Waals surface area contributed by atoms with Crippen molar-refractivity contribution < 1.29 is 9.90 Å². The summed E-state index contributed by atoms with van der Waals surface area (Å²) in [6, 6.07) is 10.3. The van der Waals surface area contributed by atoms with Gasteiger partial charge < -0.3 is 14.9 Å². The number of nitrogens with zero attached hydrogens (tertiary/aromatic N) is 2. The molecular weight excluding hydrogens is 336 g/mol. The molecule has 0 aromatic heterocycles. The monoisotopic (exact) mass is 370 g/mol. The third-order valence-electron chi connectivity index (χ3n) is 7.45. The lowest BCUT2D eigenvalue weighted by Crippen LogP contribution is -2.51. The van der Waals surface area contributed by atoms with Gasteiger partial charge in [0.25, 0.3) is 0 Å². The Hall–Kier alpha value is -1.39.